The predicted molar refractivity (Wildman–Crippen MR) is 89.4 cm³/mol. The first-order valence-corrected chi connectivity index (χ1v) is 8.52. The van der Waals surface area contributed by atoms with Crippen LogP contribution in [0.3, 0.4) is 0 Å². The Hall–Kier alpha value is -1.05. The molecule has 4 nitrogen and oxygen atoms in total. The van der Waals surface area contributed by atoms with Crippen LogP contribution in [-0.2, 0) is 0 Å². The Bertz CT molecular complexity index is 708. The molecule has 0 atom stereocenters. The Morgan fingerprint density at radius 3 is 2.57 bits per heavy atom. The highest BCUT2D eigenvalue weighted by Gasteiger charge is 2.31. The first kappa shape index (κ1) is 14.9. The number of thiophene rings is 1. The molecule has 0 spiro atoms. The van der Waals surface area contributed by atoms with Crippen LogP contribution < -0.4 is 14.8 Å². The topological polar surface area (TPSA) is 47.6 Å². The van der Waals surface area contributed by atoms with Gasteiger partial charge >= 0.3 is 0 Å². The van der Waals surface area contributed by atoms with Crippen molar-refractivity contribution in [2.75, 3.05) is 5.32 Å². The number of anilines is 1. The van der Waals surface area contributed by atoms with Crippen molar-refractivity contribution in [2.45, 2.75) is 19.6 Å². The lowest BCUT2D eigenvalue weighted by Crippen LogP contribution is -2.29. The summed E-state index contributed by atoms with van der Waals surface area (Å²) in [7, 11) is 0. The van der Waals surface area contributed by atoms with E-state index in [1.54, 1.807) is 24.3 Å². The van der Waals surface area contributed by atoms with Gasteiger partial charge in [-0.05, 0) is 50.1 Å². The Morgan fingerprint density at radius 1 is 1.19 bits per heavy atom. The molecule has 0 fully saturated rings. The van der Waals surface area contributed by atoms with Gasteiger partial charge in [-0.25, -0.2) is 0 Å². The molecule has 7 heteroatoms. The first-order chi connectivity index (χ1) is 9.84. The molecule has 2 heterocycles. The first-order valence-electron chi connectivity index (χ1n) is 6.12. The number of rotatable bonds is 2. The molecule has 21 heavy (non-hydrogen) atoms. The summed E-state index contributed by atoms with van der Waals surface area (Å²) in [6.45, 7) is 3.68. The normalized spacial score (nSPS) is 15.0. The number of benzene rings is 1. The Kier molecular flexibility index (Phi) is 3.75. The third-order valence-corrected chi connectivity index (χ3v) is 6.04. The third kappa shape index (κ3) is 3.09. The maximum absolute atomic E-state index is 12.2. The predicted octanol–water partition coefficient (Wildman–Crippen LogP) is 5.03. The molecule has 0 radical (unpaired) electrons. The quantitative estimate of drug-likeness (QED) is 0.723. The van der Waals surface area contributed by atoms with Gasteiger partial charge in [0, 0.05) is 30.1 Å². The van der Waals surface area contributed by atoms with Crippen LogP contribution >= 0.6 is 43.2 Å². The second kappa shape index (κ2) is 5.30. The number of carbonyl (C=O) groups is 1. The Morgan fingerprint density at radius 2 is 1.90 bits per heavy atom. The van der Waals surface area contributed by atoms with E-state index >= 15 is 0 Å². The number of halogens is 2. The summed E-state index contributed by atoms with van der Waals surface area (Å²) < 4.78 is 13.0. The fraction of sp³-hybridized carbons (Fsp3) is 0.214. The minimum Gasteiger partial charge on any atom is -0.449 e. The van der Waals surface area contributed by atoms with E-state index < -0.39 is 5.79 Å². The number of hydrogen-bond donors (Lipinski definition) is 1. The van der Waals surface area contributed by atoms with Gasteiger partial charge in [0.25, 0.3) is 5.91 Å². The SMILES string of the molecule is CC1(C)Oc2ccc(NC(=O)c3cc(Br)c(Br)s3)cc2O1. The molecule has 1 amide bonds. The van der Waals surface area contributed by atoms with E-state index in [0.717, 1.165) is 8.26 Å². The van der Waals surface area contributed by atoms with Gasteiger partial charge in [-0.2, -0.15) is 0 Å². The molecule has 110 valence electrons. The lowest BCUT2D eigenvalue weighted by molar-refractivity contribution is -0.0431. The largest absolute Gasteiger partial charge is 0.449 e. The van der Waals surface area contributed by atoms with Crippen LogP contribution in [0.25, 0.3) is 0 Å². The molecule has 0 bridgehead atoms. The minimum absolute atomic E-state index is 0.162. The lowest BCUT2D eigenvalue weighted by Gasteiger charge is -2.16. The van der Waals surface area contributed by atoms with Crippen LogP contribution in [-0.4, -0.2) is 11.7 Å². The molecule has 1 aliphatic heterocycles. The molecular weight excluding hydrogens is 422 g/mol. The van der Waals surface area contributed by atoms with E-state index in [4.69, 9.17) is 9.47 Å². The fourth-order valence-corrected chi connectivity index (χ4v) is 3.88. The van der Waals surface area contributed by atoms with Gasteiger partial charge < -0.3 is 14.8 Å². The Labute approximate surface area is 142 Å². The molecule has 0 aliphatic carbocycles. The smallest absolute Gasteiger partial charge is 0.265 e. The van der Waals surface area contributed by atoms with Crippen LogP contribution in [0.2, 0.25) is 0 Å². The van der Waals surface area contributed by atoms with Crippen molar-refractivity contribution >= 4 is 54.8 Å². The summed E-state index contributed by atoms with van der Waals surface area (Å²) in [5.74, 6) is 0.476. The van der Waals surface area contributed by atoms with Crippen molar-refractivity contribution in [1.29, 1.82) is 0 Å². The molecule has 0 saturated heterocycles. The lowest BCUT2D eigenvalue weighted by atomic mass is 10.2. The van der Waals surface area contributed by atoms with E-state index in [9.17, 15) is 4.79 Å². The van der Waals surface area contributed by atoms with Crippen molar-refractivity contribution in [3.05, 3.63) is 37.4 Å². The van der Waals surface area contributed by atoms with E-state index in [2.05, 4.69) is 37.2 Å². The highest BCUT2D eigenvalue weighted by atomic mass is 79.9. The molecule has 1 aromatic heterocycles. The molecule has 3 rings (SSSR count). The summed E-state index contributed by atoms with van der Waals surface area (Å²) >= 11 is 8.12. The molecule has 2 aromatic rings. The molecular formula is C14H11Br2NO3S. The monoisotopic (exact) mass is 431 g/mol. The van der Waals surface area contributed by atoms with Gasteiger partial charge in [0.05, 0.1) is 8.66 Å². The highest BCUT2D eigenvalue weighted by Crippen LogP contribution is 2.41. The summed E-state index contributed by atoms with van der Waals surface area (Å²) in [4.78, 5) is 12.8. The zero-order valence-corrected chi connectivity index (χ0v) is 15.2. The van der Waals surface area contributed by atoms with Crippen LogP contribution in [0.5, 0.6) is 11.5 Å². The Balaban J connectivity index is 1.79. The van der Waals surface area contributed by atoms with Gasteiger partial charge in [-0.3, -0.25) is 4.79 Å². The molecule has 0 unspecified atom stereocenters. The van der Waals surface area contributed by atoms with Gasteiger partial charge in [-0.1, -0.05) is 0 Å². The minimum atomic E-state index is -0.672. The number of ether oxygens (including phenoxy) is 2. The second-order valence-electron chi connectivity index (χ2n) is 4.95. The molecule has 1 aromatic carbocycles. The maximum Gasteiger partial charge on any atom is 0.265 e. The van der Waals surface area contributed by atoms with Crippen LogP contribution in [0, 0.1) is 0 Å². The summed E-state index contributed by atoms with van der Waals surface area (Å²) in [6.07, 6.45) is 0. The van der Waals surface area contributed by atoms with Gasteiger partial charge in [-0.15, -0.1) is 11.3 Å². The summed E-state index contributed by atoms with van der Waals surface area (Å²) in [6, 6.07) is 7.12. The van der Waals surface area contributed by atoms with Crippen molar-refractivity contribution in [1.82, 2.24) is 0 Å². The van der Waals surface area contributed by atoms with E-state index in [-0.39, 0.29) is 5.91 Å². The third-order valence-electron chi connectivity index (χ3n) is 2.78. The van der Waals surface area contributed by atoms with E-state index in [1.165, 1.54) is 11.3 Å². The number of hydrogen-bond acceptors (Lipinski definition) is 4. The fourth-order valence-electron chi connectivity index (χ4n) is 1.95. The van der Waals surface area contributed by atoms with Crippen LogP contribution in [0.1, 0.15) is 23.5 Å². The van der Waals surface area contributed by atoms with Crippen molar-refractivity contribution in [2.24, 2.45) is 0 Å². The molecule has 1 N–H and O–H groups in total. The van der Waals surface area contributed by atoms with Crippen molar-refractivity contribution in [3.63, 3.8) is 0 Å². The van der Waals surface area contributed by atoms with E-state index in [1.807, 2.05) is 13.8 Å². The number of fused-ring (bicyclic) bond motifs is 1. The highest BCUT2D eigenvalue weighted by molar-refractivity contribution is 9.13. The number of carbonyl (C=O) groups excluding carboxylic acids is 1. The van der Waals surface area contributed by atoms with Crippen LogP contribution in [0.15, 0.2) is 32.5 Å². The second-order valence-corrected chi connectivity index (χ2v) is 8.18. The average molecular weight is 433 g/mol. The van der Waals surface area contributed by atoms with Crippen molar-refractivity contribution in [3.8, 4) is 11.5 Å². The zero-order valence-electron chi connectivity index (χ0n) is 11.2. The van der Waals surface area contributed by atoms with Gasteiger partial charge in [0.1, 0.15) is 0 Å². The molecule has 1 aliphatic rings. The zero-order chi connectivity index (χ0) is 15.2. The average Bonchev–Trinajstić information content (AvgIpc) is 2.87. The molecule has 0 saturated carbocycles. The van der Waals surface area contributed by atoms with Crippen LogP contribution in [0.4, 0.5) is 5.69 Å². The number of amides is 1. The maximum atomic E-state index is 12.2. The van der Waals surface area contributed by atoms with E-state index in [0.29, 0.717) is 22.1 Å². The number of nitrogens with one attached hydrogen (secondary N) is 1. The standard InChI is InChI=1S/C14H11Br2NO3S/c1-14(2)19-9-4-3-7(5-10(9)20-14)17-13(18)11-6-8(15)12(16)21-11/h3-6H,1-2H3,(H,17,18). The van der Waals surface area contributed by atoms with Gasteiger partial charge in [0.15, 0.2) is 11.5 Å². The summed E-state index contributed by atoms with van der Waals surface area (Å²) in [5, 5.41) is 2.85. The van der Waals surface area contributed by atoms with Crippen molar-refractivity contribution < 1.29 is 14.3 Å². The summed E-state index contributed by atoms with van der Waals surface area (Å²) in [5.41, 5.74) is 0.667. The van der Waals surface area contributed by atoms with Gasteiger partial charge in [0.2, 0.25) is 5.79 Å².